The summed E-state index contributed by atoms with van der Waals surface area (Å²) in [5.41, 5.74) is 1.93. The molecule has 1 aromatic heterocycles. The molecular formula is C20H27N5O2. The second-order valence-corrected chi connectivity index (χ2v) is 6.10. The van der Waals surface area contributed by atoms with Crippen molar-refractivity contribution in [1.82, 2.24) is 15.2 Å². The molecule has 0 spiro atoms. The van der Waals surface area contributed by atoms with E-state index >= 15 is 0 Å². The molecule has 7 nitrogen and oxygen atoms in total. The first-order valence-electron chi connectivity index (χ1n) is 8.80. The van der Waals surface area contributed by atoms with Gasteiger partial charge in [-0.05, 0) is 25.1 Å². The second-order valence-electron chi connectivity index (χ2n) is 6.10. The Labute approximate surface area is 160 Å². The van der Waals surface area contributed by atoms with Gasteiger partial charge in [0.2, 0.25) is 5.91 Å². The van der Waals surface area contributed by atoms with E-state index in [1.165, 1.54) is 0 Å². The summed E-state index contributed by atoms with van der Waals surface area (Å²) in [5, 5.41) is 6.01. The van der Waals surface area contributed by atoms with Crippen LogP contribution in [-0.4, -0.2) is 49.5 Å². The van der Waals surface area contributed by atoms with Gasteiger partial charge in [-0.1, -0.05) is 24.3 Å². The highest BCUT2D eigenvalue weighted by molar-refractivity contribution is 5.90. The smallest absolute Gasteiger partial charge is 0.227 e. The van der Waals surface area contributed by atoms with Gasteiger partial charge in [0.25, 0.3) is 0 Å². The third-order valence-corrected chi connectivity index (χ3v) is 3.96. The van der Waals surface area contributed by atoms with Crippen LogP contribution < -0.4 is 15.4 Å². The van der Waals surface area contributed by atoms with Crippen LogP contribution in [0.25, 0.3) is 0 Å². The molecule has 0 atom stereocenters. The minimum absolute atomic E-state index is 0.0940. The fourth-order valence-corrected chi connectivity index (χ4v) is 2.65. The molecule has 144 valence electrons. The summed E-state index contributed by atoms with van der Waals surface area (Å²) in [7, 11) is 5.32. The number of anilines is 1. The molecule has 0 bridgehead atoms. The second kappa shape index (κ2) is 10.2. The molecule has 0 saturated carbocycles. The Bertz CT molecular complexity index is 791. The average molecular weight is 369 g/mol. The van der Waals surface area contributed by atoms with E-state index in [-0.39, 0.29) is 5.91 Å². The maximum absolute atomic E-state index is 12.1. The molecule has 1 aromatic carbocycles. The van der Waals surface area contributed by atoms with E-state index in [0.29, 0.717) is 31.3 Å². The number of pyridine rings is 1. The number of ether oxygens (including phenoxy) is 1. The largest absolute Gasteiger partial charge is 0.496 e. The molecule has 27 heavy (non-hydrogen) atoms. The monoisotopic (exact) mass is 369 g/mol. The van der Waals surface area contributed by atoms with Crippen LogP contribution in [0.3, 0.4) is 0 Å². The number of aromatic nitrogens is 1. The average Bonchev–Trinajstić information content (AvgIpc) is 2.65. The third-order valence-electron chi connectivity index (χ3n) is 3.96. The van der Waals surface area contributed by atoms with Gasteiger partial charge in [-0.3, -0.25) is 9.79 Å². The summed E-state index contributed by atoms with van der Waals surface area (Å²) < 4.78 is 5.39. The minimum Gasteiger partial charge on any atom is -0.496 e. The molecule has 0 aliphatic carbocycles. The zero-order chi connectivity index (χ0) is 19.6. The number of hydrogen-bond donors (Lipinski definition) is 2. The summed E-state index contributed by atoms with van der Waals surface area (Å²) in [4.78, 5) is 22.6. The molecular weight excluding hydrogens is 342 g/mol. The lowest BCUT2D eigenvalue weighted by Crippen LogP contribution is -2.39. The van der Waals surface area contributed by atoms with Gasteiger partial charge in [0.1, 0.15) is 11.6 Å². The lowest BCUT2D eigenvalue weighted by molar-refractivity contribution is -0.116. The number of nitrogens with zero attached hydrogens (tertiary/aromatic N) is 3. The van der Waals surface area contributed by atoms with Crippen LogP contribution in [0.2, 0.25) is 0 Å². The van der Waals surface area contributed by atoms with Crippen molar-refractivity contribution in [1.29, 1.82) is 0 Å². The first-order valence-corrected chi connectivity index (χ1v) is 8.80. The number of para-hydroxylation sites is 1. The van der Waals surface area contributed by atoms with E-state index in [4.69, 9.17) is 4.74 Å². The maximum atomic E-state index is 12.1. The highest BCUT2D eigenvalue weighted by Crippen LogP contribution is 2.18. The van der Waals surface area contributed by atoms with Crippen LogP contribution in [0.5, 0.6) is 5.75 Å². The first kappa shape index (κ1) is 20.2. The van der Waals surface area contributed by atoms with Gasteiger partial charge < -0.3 is 20.3 Å². The lowest BCUT2D eigenvalue weighted by Gasteiger charge is -2.23. The Morgan fingerprint density at radius 3 is 2.70 bits per heavy atom. The number of aliphatic imine (C=N–C) groups is 1. The molecule has 0 radical (unpaired) electrons. The zero-order valence-electron chi connectivity index (χ0n) is 16.3. The van der Waals surface area contributed by atoms with Crippen molar-refractivity contribution in [2.24, 2.45) is 4.99 Å². The normalized spacial score (nSPS) is 11.0. The van der Waals surface area contributed by atoms with Crippen molar-refractivity contribution in [2.45, 2.75) is 19.9 Å². The molecule has 7 heteroatoms. The van der Waals surface area contributed by atoms with Crippen molar-refractivity contribution in [3.05, 3.63) is 53.7 Å². The summed E-state index contributed by atoms with van der Waals surface area (Å²) >= 11 is 0. The molecule has 0 unspecified atom stereocenters. The van der Waals surface area contributed by atoms with E-state index in [1.54, 1.807) is 20.2 Å². The number of nitrogens with one attached hydrogen (secondary N) is 2. The molecule has 1 heterocycles. The van der Waals surface area contributed by atoms with Crippen LogP contribution in [-0.2, 0) is 11.3 Å². The number of carbonyl (C=O) groups excluding carboxylic acids is 1. The van der Waals surface area contributed by atoms with Gasteiger partial charge in [0.15, 0.2) is 5.96 Å². The van der Waals surface area contributed by atoms with Crippen molar-refractivity contribution in [2.75, 3.05) is 33.1 Å². The van der Waals surface area contributed by atoms with Gasteiger partial charge in [-0.2, -0.15) is 0 Å². The van der Waals surface area contributed by atoms with Crippen LogP contribution in [0, 0.1) is 6.92 Å². The first-order chi connectivity index (χ1) is 13.0. The number of benzene rings is 1. The highest BCUT2D eigenvalue weighted by Gasteiger charge is 2.10. The lowest BCUT2D eigenvalue weighted by atomic mass is 10.2. The van der Waals surface area contributed by atoms with Crippen molar-refractivity contribution in [3.8, 4) is 5.75 Å². The Hall–Kier alpha value is -3.09. The number of amides is 1. The van der Waals surface area contributed by atoms with Crippen molar-refractivity contribution < 1.29 is 9.53 Å². The van der Waals surface area contributed by atoms with Crippen LogP contribution >= 0.6 is 0 Å². The van der Waals surface area contributed by atoms with Crippen LogP contribution in [0.4, 0.5) is 5.82 Å². The zero-order valence-corrected chi connectivity index (χ0v) is 16.3. The Balaban J connectivity index is 1.83. The van der Waals surface area contributed by atoms with Crippen molar-refractivity contribution in [3.63, 3.8) is 0 Å². The fraction of sp³-hybridized carbons (Fsp3) is 0.350. The van der Waals surface area contributed by atoms with Gasteiger partial charge in [-0.15, -0.1) is 0 Å². The predicted octanol–water partition coefficient (Wildman–Crippen LogP) is 2.43. The molecule has 0 aliphatic rings. The van der Waals surface area contributed by atoms with Gasteiger partial charge >= 0.3 is 0 Å². The van der Waals surface area contributed by atoms with Gasteiger partial charge in [0, 0.05) is 44.9 Å². The van der Waals surface area contributed by atoms with Gasteiger partial charge in [-0.25, -0.2) is 4.98 Å². The molecule has 2 N–H and O–H groups in total. The van der Waals surface area contributed by atoms with E-state index in [0.717, 1.165) is 17.0 Å². The van der Waals surface area contributed by atoms with Crippen LogP contribution in [0.1, 0.15) is 17.7 Å². The van der Waals surface area contributed by atoms with Crippen molar-refractivity contribution >= 4 is 17.7 Å². The molecule has 0 saturated heterocycles. The molecule has 0 fully saturated rings. The summed E-state index contributed by atoms with van der Waals surface area (Å²) in [6, 6.07) is 13.4. The SMILES string of the molecule is CN=C(NCCC(=O)Nc1cccc(C)n1)N(C)Cc1ccccc1OC. The van der Waals surface area contributed by atoms with Gasteiger partial charge in [0.05, 0.1) is 7.11 Å². The van der Waals surface area contributed by atoms with Crippen LogP contribution in [0.15, 0.2) is 47.5 Å². The predicted molar refractivity (Wildman–Crippen MR) is 108 cm³/mol. The van der Waals surface area contributed by atoms with E-state index in [1.807, 2.05) is 55.3 Å². The third kappa shape index (κ3) is 6.29. The highest BCUT2D eigenvalue weighted by atomic mass is 16.5. The number of rotatable bonds is 7. The summed E-state index contributed by atoms with van der Waals surface area (Å²) in [6.07, 6.45) is 0.317. The number of hydrogen-bond acceptors (Lipinski definition) is 4. The number of carbonyl (C=O) groups is 1. The van der Waals surface area contributed by atoms with E-state index in [2.05, 4.69) is 20.6 Å². The Morgan fingerprint density at radius 2 is 2.00 bits per heavy atom. The molecule has 1 amide bonds. The standard InChI is InChI=1S/C20H27N5O2/c1-15-8-7-11-18(23-15)24-19(26)12-13-22-20(21-2)25(3)14-16-9-5-6-10-17(16)27-4/h5-11H,12-14H2,1-4H3,(H,21,22)(H,23,24,26). The Morgan fingerprint density at radius 1 is 1.22 bits per heavy atom. The number of aryl methyl sites for hydroxylation is 1. The maximum Gasteiger partial charge on any atom is 0.227 e. The topological polar surface area (TPSA) is 78.8 Å². The summed E-state index contributed by atoms with van der Waals surface area (Å²) in [5.74, 6) is 2.02. The summed E-state index contributed by atoms with van der Waals surface area (Å²) in [6.45, 7) is 3.00. The van der Waals surface area contributed by atoms with E-state index in [9.17, 15) is 4.79 Å². The molecule has 2 aromatic rings. The molecule has 2 rings (SSSR count). The minimum atomic E-state index is -0.0940. The Kier molecular flexibility index (Phi) is 7.61. The fourth-order valence-electron chi connectivity index (χ4n) is 2.65. The van der Waals surface area contributed by atoms with E-state index < -0.39 is 0 Å². The number of guanidine groups is 1. The number of methoxy groups -OCH3 is 1. The quantitative estimate of drug-likeness (QED) is 0.579. The molecule has 0 aliphatic heterocycles.